The van der Waals surface area contributed by atoms with E-state index in [2.05, 4.69) is 37.7 Å². The Morgan fingerprint density at radius 3 is 3.00 bits per heavy atom. The minimum atomic E-state index is -1.16. The number of halogens is 1. The van der Waals surface area contributed by atoms with Crippen molar-refractivity contribution in [2.24, 2.45) is 5.16 Å². The van der Waals surface area contributed by atoms with Crippen molar-refractivity contribution in [2.75, 3.05) is 6.61 Å². The van der Waals surface area contributed by atoms with E-state index in [1.165, 1.54) is 6.08 Å². The van der Waals surface area contributed by atoms with E-state index < -0.39 is 18.1 Å². The highest BCUT2D eigenvalue weighted by atomic mass is 79.9. The first-order chi connectivity index (χ1) is 8.52. The molecule has 18 heavy (non-hydrogen) atoms. The van der Waals surface area contributed by atoms with Crippen molar-refractivity contribution in [3.63, 3.8) is 0 Å². The summed E-state index contributed by atoms with van der Waals surface area (Å²) in [5.74, 6) is -1.16. The van der Waals surface area contributed by atoms with Gasteiger partial charge in [-0.25, -0.2) is 9.59 Å². The standard InChI is InChI=1S/C10H13BrN2O5/c1-2-3-17-10(16)12-7(9(14)15)4-6-5-8(11)13-18-6/h2,6-7H,1,3-5H2,(H,12,16)(H,14,15)/t6-,7-/m0/s1. The lowest BCUT2D eigenvalue weighted by Gasteiger charge is -2.16. The Morgan fingerprint density at radius 2 is 2.50 bits per heavy atom. The maximum absolute atomic E-state index is 11.2. The molecule has 0 spiro atoms. The number of aliphatic carboxylic acids is 1. The van der Waals surface area contributed by atoms with Gasteiger partial charge < -0.3 is 20.0 Å². The van der Waals surface area contributed by atoms with Gasteiger partial charge in [0.1, 0.15) is 23.4 Å². The Bertz CT molecular complexity index is 371. The number of amides is 1. The summed E-state index contributed by atoms with van der Waals surface area (Å²) in [6.07, 6.45) is 0.797. The number of rotatable bonds is 6. The molecule has 1 heterocycles. The minimum Gasteiger partial charge on any atom is -0.480 e. The Kier molecular flexibility index (Phi) is 5.63. The van der Waals surface area contributed by atoms with E-state index >= 15 is 0 Å². The Balaban J connectivity index is 2.43. The number of ether oxygens (including phenoxy) is 1. The Labute approximate surface area is 112 Å². The summed E-state index contributed by atoms with van der Waals surface area (Å²) >= 11 is 3.15. The highest BCUT2D eigenvalue weighted by Gasteiger charge is 2.29. The summed E-state index contributed by atoms with van der Waals surface area (Å²) in [5.41, 5.74) is 0. The first-order valence-electron chi connectivity index (χ1n) is 5.18. The summed E-state index contributed by atoms with van der Waals surface area (Å²) < 4.78 is 5.26. The summed E-state index contributed by atoms with van der Waals surface area (Å²) in [6.45, 7) is 3.40. The summed E-state index contributed by atoms with van der Waals surface area (Å²) in [4.78, 5) is 27.2. The van der Waals surface area contributed by atoms with Gasteiger partial charge in [0.15, 0.2) is 0 Å². The van der Waals surface area contributed by atoms with Crippen LogP contribution in [0.15, 0.2) is 17.8 Å². The van der Waals surface area contributed by atoms with Crippen molar-refractivity contribution in [2.45, 2.75) is 25.0 Å². The highest BCUT2D eigenvalue weighted by Crippen LogP contribution is 2.18. The smallest absolute Gasteiger partial charge is 0.408 e. The van der Waals surface area contributed by atoms with Gasteiger partial charge in [0.2, 0.25) is 0 Å². The molecule has 0 bridgehead atoms. The Morgan fingerprint density at radius 1 is 1.78 bits per heavy atom. The fourth-order valence-corrected chi connectivity index (χ4v) is 1.77. The van der Waals surface area contributed by atoms with Gasteiger partial charge in [0.05, 0.1) is 0 Å². The average Bonchev–Trinajstić information content (AvgIpc) is 2.71. The third kappa shape index (κ3) is 4.74. The van der Waals surface area contributed by atoms with E-state index in [4.69, 9.17) is 9.94 Å². The van der Waals surface area contributed by atoms with Crippen LogP contribution in [0.25, 0.3) is 0 Å². The van der Waals surface area contributed by atoms with Crippen LogP contribution >= 0.6 is 15.9 Å². The number of carboxylic acids is 1. The molecular weight excluding hydrogens is 308 g/mol. The number of alkyl carbamates (subject to hydrolysis) is 1. The molecule has 0 aliphatic carbocycles. The van der Waals surface area contributed by atoms with E-state index in [-0.39, 0.29) is 19.1 Å². The minimum absolute atomic E-state index is 0.0206. The second kappa shape index (κ2) is 7.00. The van der Waals surface area contributed by atoms with Gasteiger partial charge in [-0.2, -0.15) is 0 Å². The van der Waals surface area contributed by atoms with Crippen LogP contribution in [0.3, 0.4) is 0 Å². The summed E-state index contributed by atoms with van der Waals surface area (Å²) in [5, 5.41) is 14.9. The van der Waals surface area contributed by atoms with Crippen LogP contribution in [-0.2, 0) is 14.4 Å². The molecule has 1 aliphatic rings. The second-order valence-electron chi connectivity index (χ2n) is 3.56. The van der Waals surface area contributed by atoms with Crippen molar-refractivity contribution in [1.29, 1.82) is 0 Å². The van der Waals surface area contributed by atoms with Gasteiger partial charge >= 0.3 is 12.1 Å². The van der Waals surface area contributed by atoms with Crippen LogP contribution in [0.2, 0.25) is 0 Å². The van der Waals surface area contributed by atoms with Crippen molar-refractivity contribution >= 4 is 32.6 Å². The van der Waals surface area contributed by atoms with Crippen LogP contribution in [0.5, 0.6) is 0 Å². The molecule has 0 fully saturated rings. The quantitative estimate of drug-likeness (QED) is 0.717. The zero-order chi connectivity index (χ0) is 13.5. The molecule has 0 aromatic carbocycles. The molecule has 1 amide bonds. The molecule has 2 N–H and O–H groups in total. The Hall–Kier alpha value is -1.57. The number of carbonyl (C=O) groups excluding carboxylic acids is 1. The van der Waals surface area contributed by atoms with E-state index in [0.717, 1.165) is 0 Å². The van der Waals surface area contributed by atoms with Crippen LogP contribution < -0.4 is 5.32 Å². The number of oxime groups is 1. The van der Waals surface area contributed by atoms with Crippen molar-refractivity contribution in [3.8, 4) is 0 Å². The first kappa shape index (κ1) is 14.5. The lowest BCUT2D eigenvalue weighted by atomic mass is 10.1. The first-order valence-corrected chi connectivity index (χ1v) is 5.97. The second-order valence-corrected chi connectivity index (χ2v) is 4.47. The fourth-order valence-electron chi connectivity index (χ4n) is 1.32. The maximum atomic E-state index is 11.2. The molecule has 1 rings (SSSR count). The van der Waals surface area contributed by atoms with Crippen molar-refractivity contribution in [1.82, 2.24) is 5.32 Å². The number of hydrogen-bond acceptors (Lipinski definition) is 5. The third-order valence-electron chi connectivity index (χ3n) is 2.12. The van der Waals surface area contributed by atoms with Crippen molar-refractivity contribution < 1.29 is 24.3 Å². The van der Waals surface area contributed by atoms with E-state index in [1.54, 1.807) is 0 Å². The zero-order valence-electron chi connectivity index (χ0n) is 9.47. The topological polar surface area (TPSA) is 97.2 Å². The number of carbonyl (C=O) groups is 2. The monoisotopic (exact) mass is 320 g/mol. The number of hydrogen-bond donors (Lipinski definition) is 2. The van der Waals surface area contributed by atoms with Crippen LogP contribution in [0, 0.1) is 0 Å². The van der Waals surface area contributed by atoms with Crippen LogP contribution in [0.1, 0.15) is 12.8 Å². The molecule has 0 radical (unpaired) electrons. The van der Waals surface area contributed by atoms with Gasteiger partial charge in [0, 0.05) is 12.8 Å². The highest BCUT2D eigenvalue weighted by molar-refractivity contribution is 9.18. The molecule has 7 nitrogen and oxygen atoms in total. The normalized spacial score (nSPS) is 19.4. The summed E-state index contributed by atoms with van der Waals surface area (Å²) in [6, 6.07) is -1.08. The molecule has 0 unspecified atom stereocenters. The average molecular weight is 321 g/mol. The maximum Gasteiger partial charge on any atom is 0.408 e. The predicted octanol–water partition coefficient (Wildman–Crippen LogP) is 1.24. The SMILES string of the molecule is C=CCOC(=O)N[C@@H](C[C@H]1CC(Br)=NO1)C(=O)O. The fraction of sp³-hybridized carbons (Fsp3) is 0.500. The molecule has 0 aromatic rings. The van der Waals surface area contributed by atoms with E-state index in [1.807, 2.05) is 0 Å². The lowest BCUT2D eigenvalue weighted by molar-refractivity contribution is -0.140. The molecule has 0 saturated heterocycles. The molecule has 8 heteroatoms. The third-order valence-corrected chi connectivity index (χ3v) is 2.59. The van der Waals surface area contributed by atoms with Crippen LogP contribution in [-0.4, -0.2) is 40.5 Å². The molecule has 0 saturated carbocycles. The van der Waals surface area contributed by atoms with Crippen molar-refractivity contribution in [3.05, 3.63) is 12.7 Å². The van der Waals surface area contributed by atoms with E-state index in [0.29, 0.717) is 11.0 Å². The molecule has 2 atom stereocenters. The number of carboxylic acid groups (broad SMARTS) is 1. The van der Waals surface area contributed by atoms with Gasteiger partial charge in [-0.15, -0.1) is 0 Å². The van der Waals surface area contributed by atoms with Gasteiger partial charge in [-0.3, -0.25) is 0 Å². The van der Waals surface area contributed by atoms with Crippen LogP contribution in [0.4, 0.5) is 4.79 Å². The molecular formula is C10H13BrN2O5. The molecule has 1 aliphatic heterocycles. The molecule has 100 valence electrons. The number of nitrogens with one attached hydrogen (secondary N) is 1. The van der Waals surface area contributed by atoms with Gasteiger partial charge in [-0.1, -0.05) is 17.8 Å². The largest absolute Gasteiger partial charge is 0.480 e. The number of nitrogens with zero attached hydrogens (tertiary/aromatic N) is 1. The van der Waals surface area contributed by atoms with Gasteiger partial charge in [-0.05, 0) is 15.9 Å². The summed E-state index contributed by atoms with van der Waals surface area (Å²) in [7, 11) is 0. The molecule has 0 aromatic heterocycles. The van der Waals surface area contributed by atoms with Gasteiger partial charge in [0.25, 0.3) is 0 Å². The zero-order valence-corrected chi connectivity index (χ0v) is 11.1. The lowest BCUT2D eigenvalue weighted by Crippen LogP contribution is -2.43. The van der Waals surface area contributed by atoms with E-state index in [9.17, 15) is 9.59 Å². The predicted molar refractivity (Wildman–Crippen MR) is 66.6 cm³/mol.